The smallest absolute Gasteiger partial charge is 0.391 e. The molecular formula is C46H48N10O8S2. The summed E-state index contributed by atoms with van der Waals surface area (Å²) in [6.45, 7) is 9.10. The van der Waals surface area contributed by atoms with Crippen molar-refractivity contribution in [3.63, 3.8) is 0 Å². The van der Waals surface area contributed by atoms with E-state index < -0.39 is 20.2 Å². The SMILES string of the molecule is CC[n+]1ccc(Nc2ccc(NC(=O)c3ccc(C(=O)Nc4ccc(Nc5cc[n+](CC)c(N)n5)cc4)cc3)cc2)nc1N.Cc1ccc(S(=O)(=O)[O-])cc1.Cc1ccc(S(=O)(=O)[O-])cc1. The molecule has 342 valence electrons. The van der Waals surface area contributed by atoms with Crippen molar-refractivity contribution in [3.05, 3.63) is 168 Å². The van der Waals surface area contributed by atoms with E-state index >= 15 is 0 Å². The van der Waals surface area contributed by atoms with Gasteiger partial charge in [0.1, 0.15) is 20.2 Å². The lowest BCUT2D eigenvalue weighted by Gasteiger charge is -2.09. The molecule has 66 heavy (non-hydrogen) atoms. The van der Waals surface area contributed by atoms with Gasteiger partial charge in [-0.1, -0.05) is 45.4 Å². The molecule has 2 aromatic heterocycles. The summed E-state index contributed by atoms with van der Waals surface area (Å²) in [5, 5.41) is 12.1. The number of rotatable bonds is 12. The minimum atomic E-state index is -4.27. The molecule has 0 unspecified atom stereocenters. The zero-order valence-corrected chi connectivity index (χ0v) is 37.9. The minimum Gasteiger partial charge on any atom is -0.744 e. The van der Waals surface area contributed by atoms with E-state index in [1.807, 2.05) is 85.6 Å². The molecule has 0 aliphatic heterocycles. The number of benzene rings is 5. The number of nitrogens with two attached hydrogens (primary N) is 2. The lowest BCUT2D eigenvalue weighted by molar-refractivity contribution is -0.681. The quantitative estimate of drug-likeness (QED) is 0.0602. The van der Waals surface area contributed by atoms with Crippen LogP contribution in [0, 0.1) is 13.8 Å². The van der Waals surface area contributed by atoms with E-state index in [2.05, 4.69) is 31.2 Å². The van der Waals surface area contributed by atoms with Crippen LogP contribution in [0.2, 0.25) is 0 Å². The van der Waals surface area contributed by atoms with Gasteiger partial charge in [-0.3, -0.25) is 21.1 Å². The number of hydrogen-bond acceptors (Lipinski definition) is 14. The molecule has 0 fully saturated rings. The van der Waals surface area contributed by atoms with Gasteiger partial charge in [0, 0.05) is 46.0 Å². The second kappa shape index (κ2) is 22.2. The number of aryl methyl sites for hydroxylation is 4. The van der Waals surface area contributed by atoms with Crippen molar-refractivity contribution < 1.29 is 44.7 Å². The van der Waals surface area contributed by atoms with Crippen LogP contribution in [0.15, 0.2) is 156 Å². The standard InChI is InChI=1S/C32H32N10O2.2C7H8O3S/c1-3-41-19-17-27(39-31(41)33)35-23-9-13-25(14-10-23)37-29(43)21-5-7-22(8-6-21)30(44)38-26-15-11-24(12-16-26)36-28-18-20-42(4-2)32(34)40-28;2*1-6-2-4-7(5-3-6)11(8,9)10/h5-20H,3-4H2,1-2H3,(H6,33,34,35,36,37,38,39,40,43,44);2*2-5H,1H3,(H,8,9,10). The van der Waals surface area contributed by atoms with Crippen molar-refractivity contribution in [1.82, 2.24) is 9.97 Å². The molecule has 0 aliphatic rings. The molecule has 0 aliphatic carbocycles. The first kappa shape index (κ1) is 49.2. The Morgan fingerprint density at radius 3 is 1.08 bits per heavy atom. The number of nitrogens with zero attached hydrogens (tertiary/aromatic N) is 4. The molecule has 0 radical (unpaired) electrons. The van der Waals surface area contributed by atoms with Crippen molar-refractivity contribution >= 4 is 78.3 Å². The number of nitrogens with one attached hydrogen (secondary N) is 4. The molecule has 0 bridgehead atoms. The molecule has 7 aromatic rings. The summed E-state index contributed by atoms with van der Waals surface area (Å²) < 4.78 is 66.0. The van der Waals surface area contributed by atoms with Gasteiger partial charge in [0.05, 0.1) is 35.3 Å². The van der Waals surface area contributed by atoms with Crippen LogP contribution in [-0.4, -0.2) is 47.7 Å². The Balaban J connectivity index is 0.000000301. The number of anilines is 8. The normalized spacial score (nSPS) is 10.9. The molecular weight excluding hydrogens is 885 g/mol. The van der Waals surface area contributed by atoms with Crippen LogP contribution in [0.3, 0.4) is 0 Å². The Hall–Kier alpha value is -7.78. The third-order valence-corrected chi connectivity index (χ3v) is 11.1. The zero-order valence-electron chi connectivity index (χ0n) is 36.3. The fourth-order valence-electron chi connectivity index (χ4n) is 5.76. The Morgan fingerprint density at radius 2 is 0.803 bits per heavy atom. The summed E-state index contributed by atoms with van der Waals surface area (Å²) in [6, 6.07) is 36.2. The highest BCUT2D eigenvalue weighted by Gasteiger charge is 2.13. The predicted octanol–water partition coefficient (Wildman–Crippen LogP) is 6.05. The average Bonchev–Trinajstić information content (AvgIpc) is 3.28. The monoisotopic (exact) mass is 932 g/mol. The van der Waals surface area contributed by atoms with E-state index in [-0.39, 0.29) is 21.6 Å². The molecule has 0 spiro atoms. The molecule has 0 saturated carbocycles. The summed E-state index contributed by atoms with van der Waals surface area (Å²) in [4.78, 5) is 33.9. The Bertz CT molecular complexity index is 2790. The summed E-state index contributed by atoms with van der Waals surface area (Å²) in [5.74, 6) is 1.51. The van der Waals surface area contributed by atoms with Gasteiger partial charge >= 0.3 is 11.9 Å². The van der Waals surface area contributed by atoms with Gasteiger partial charge in [0.2, 0.25) is 11.6 Å². The molecule has 0 atom stereocenters. The first-order valence-corrected chi connectivity index (χ1v) is 23.0. The van der Waals surface area contributed by atoms with Crippen LogP contribution < -0.4 is 41.9 Å². The maximum atomic E-state index is 12.8. The van der Waals surface area contributed by atoms with Gasteiger partial charge in [0.25, 0.3) is 11.8 Å². The minimum absolute atomic E-state index is 0.178. The van der Waals surface area contributed by atoms with Gasteiger partial charge in [-0.25, -0.2) is 26.0 Å². The van der Waals surface area contributed by atoms with Crippen LogP contribution in [0.4, 0.5) is 46.3 Å². The van der Waals surface area contributed by atoms with Crippen molar-refractivity contribution in [2.45, 2.75) is 50.6 Å². The zero-order chi connectivity index (χ0) is 48.0. The van der Waals surface area contributed by atoms with Gasteiger partial charge in [-0.15, -0.1) is 0 Å². The second-order valence-electron chi connectivity index (χ2n) is 14.3. The number of carbonyl (C=O) groups is 2. The molecule has 20 heteroatoms. The van der Waals surface area contributed by atoms with Crippen LogP contribution in [-0.2, 0) is 33.3 Å². The second-order valence-corrected chi connectivity index (χ2v) is 17.1. The fourth-order valence-corrected chi connectivity index (χ4v) is 6.70. The van der Waals surface area contributed by atoms with Crippen LogP contribution in [0.5, 0.6) is 0 Å². The van der Waals surface area contributed by atoms with Crippen molar-refractivity contribution in [3.8, 4) is 0 Å². The van der Waals surface area contributed by atoms with Gasteiger partial charge in [-0.2, -0.15) is 0 Å². The largest absolute Gasteiger partial charge is 0.744 e. The van der Waals surface area contributed by atoms with Gasteiger partial charge < -0.3 is 30.4 Å². The molecule has 2 heterocycles. The molecule has 8 N–H and O–H groups in total. The lowest BCUT2D eigenvalue weighted by atomic mass is 10.1. The van der Waals surface area contributed by atoms with E-state index in [9.17, 15) is 35.5 Å². The molecule has 0 saturated heterocycles. The maximum Gasteiger partial charge on any atom is 0.391 e. The van der Waals surface area contributed by atoms with Crippen molar-refractivity contribution in [2.75, 3.05) is 32.7 Å². The summed E-state index contributed by atoms with van der Waals surface area (Å²) >= 11 is 0. The third-order valence-electron chi connectivity index (χ3n) is 9.42. The lowest BCUT2D eigenvalue weighted by Crippen LogP contribution is -2.36. The number of nitrogen functional groups attached to an aromatic ring is 2. The first-order chi connectivity index (χ1) is 31.3. The highest BCUT2D eigenvalue weighted by molar-refractivity contribution is 7.86. The van der Waals surface area contributed by atoms with E-state index in [4.69, 9.17) is 11.5 Å². The highest BCUT2D eigenvalue weighted by Crippen LogP contribution is 2.21. The van der Waals surface area contributed by atoms with Crippen LogP contribution in [0.25, 0.3) is 0 Å². The number of hydrogen-bond donors (Lipinski definition) is 6. The Labute approximate surface area is 382 Å². The van der Waals surface area contributed by atoms with E-state index in [0.717, 1.165) is 35.6 Å². The molecule has 5 aromatic carbocycles. The molecule has 2 amide bonds. The third kappa shape index (κ3) is 14.6. The predicted molar refractivity (Wildman–Crippen MR) is 249 cm³/mol. The Morgan fingerprint density at radius 1 is 0.500 bits per heavy atom. The topological polar surface area (TPSA) is 282 Å². The number of aromatic nitrogens is 4. The molecule has 18 nitrogen and oxygen atoms in total. The van der Waals surface area contributed by atoms with Crippen molar-refractivity contribution in [1.29, 1.82) is 0 Å². The maximum absolute atomic E-state index is 12.8. The first-order valence-electron chi connectivity index (χ1n) is 20.1. The van der Waals surface area contributed by atoms with E-state index in [0.29, 0.717) is 46.0 Å². The van der Waals surface area contributed by atoms with Gasteiger partial charge in [0.15, 0.2) is 0 Å². The highest BCUT2D eigenvalue weighted by atomic mass is 32.2. The van der Waals surface area contributed by atoms with E-state index in [1.165, 1.54) is 24.3 Å². The number of carbonyl (C=O) groups excluding carboxylic acids is 2. The summed E-state index contributed by atoms with van der Waals surface area (Å²) in [5.41, 5.74) is 17.5. The summed E-state index contributed by atoms with van der Waals surface area (Å²) in [7, 11) is -8.54. The van der Waals surface area contributed by atoms with Gasteiger partial charge in [-0.05, 0) is 125 Å². The van der Waals surface area contributed by atoms with Crippen LogP contribution in [0.1, 0.15) is 45.7 Å². The van der Waals surface area contributed by atoms with Crippen LogP contribution >= 0.6 is 0 Å². The fraction of sp³-hybridized carbons (Fsp3) is 0.130. The average molecular weight is 933 g/mol. The van der Waals surface area contributed by atoms with E-state index in [1.54, 1.807) is 72.8 Å². The summed E-state index contributed by atoms with van der Waals surface area (Å²) in [6.07, 6.45) is 3.73. The Kier molecular flexibility index (Phi) is 16.6. The number of amides is 2. The van der Waals surface area contributed by atoms with Crippen molar-refractivity contribution in [2.24, 2.45) is 0 Å². The molecule has 7 rings (SSSR count).